The standard InChI is InChI=1S/C30H37N3O3/c1-5-6-18-33-28(34)30(31-29(33)35,17-14-24-10-8-7-9-11-24)26-15-19-32(20-16-26)21-25-12-13-27(36-4)23(3)22(25)2/h7-13,26H,14-21H2,1-4H3,(H,31,35). The molecule has 4 rings (SSSR count). The Bertz CT molecular complexity index is 1160. The third-order valence-corrected chi connectivity index (χ3v) is 8.01. The maximum atomic E-state index is 13.7. The van der Waals surface area contributed by atoms with Gasteiger partial charge in [0.25, 0.3) is 5.91 Å². The van der Waals surface area contributed by atoms with E-state index in [9.17, 15) is 9.59 Å². The number of imide groups is 1. The minimum Gasteiger partial charge on any atom is -0.496 e. The smallest absolute Gasteiger partial charge is 0.325 e. The monoisotopic (exact) mass is 487 g/mol. The summed E-state index contributed by atoms with van der Waals surface area (Å²) in [5.41, 5.74) is 4.05. The summed E-state index contributed by atoms with van der Waals surface area (Å²) in [4.78, 5) is 30.4. The molecule has 1 unspecified atom stereocenters. The predicted molar refractivity (Wildman–Crippen MR) is 142 cm³/mol. The van der Waals surface area contributed by atoms with E-state index < -0.39 is 5.54 Å². The Labute approximate surface area is 215 Å². The third kappa shape index (κ3) is 5.12. The van der Waals surface area contributed by atoms with E-state index in [1.807, 2.05) is 24.3 Å². The molecule has 0 spiro atoms. The van der Waals surface area contributed by atoms with Crippen LogP contribution in [0.5, 0.6) is 5.75 Å². The number of urea groups is 1. The number of nitrogens with one attached hydrogen (secondary N) is 1. The first kappa shape index (κ1) is 25.8. The van der Waals surface area contributed by atoms with Crippen LogP contribution < -0.4 is 10.1 Å². The van der Waals surface area contributed by atoms with E-state index in [1.54, 1.807) is 14.0 Å². The van der Waals surface area contributed by atoms with Crippen LogP contribution in [-0.4, -0.2) is 54.0 Å². The lowest BCUT2D eigenvalue weighted by Gasteiger charge is -2.41. The van der Waals surface area contributed by atoms with Gasteiger partial charge in [0, 0.05) is 6.54 Å². The molecule has 0 saturated carbocycles. The molecule has 0 bridgehead atoms. The van der Waals surface area contributed by atoms with Gasteiger partial charge in [-0.3, -0.25) is 14.6 Å². The molecule has 2 heterocycles. The van der Waals surface area contributed by atoms with Gasteiger partial charge in [0.15, 0.2) is 0 Å². The summed E-state index contributed by atoms with van der Waals surface area (Å²) in [6.45, 7) is 8.77. The van der Waals surface area contributed by atoms with Crippen LogP contribution in [0.25, 0.3) is 0 Å². The van der Waals surface area contributed by atoms with Crippen LogP contribution in [-0.2, 0) is 17.8 Å². The fourth-order valence-electron chi connectivity index (χ4n) is 5.65. The minimum atomic E-state index is -0.874. The maximum Gasteiger partial charge on any atom is 0.325 e. The molecule has 0 aromatic heterocycles. The number of methoxy groups -OCH3 is 1. The molecule has 1 N–H and O–H groups in total. The van der Waals surface area contributed by atoms with Gasteiger partial charge in [-0.1, -0.05) is 42.3 Å². The zero-order valence-electron chi connectivity index (χ0n) is 21.9. The Morgan fingerprint density at radius 1 is 1.06 bits per heavy atom. The highest BCUT2D eigenvalue weighted by molar-refractivity contribution is 6.07. The van der Waals surface area contributed by atoms with Crippen LogP contribution in [0, 0.1) is 31.6 Å². The van der Waals surface area contributed by atoms with Crippen LogP contribution in [0.15, 0.2) is 42.5 Å². The number of rotatable bonds is 8. The maximum absolute atomic E-state index is 13.7. The lowest BCUT2D eigenvalue weighted by Crippen LogP contribution is -2.56. The molecule has 6 nitrogen and oxygen atoms in total. The van der Waals surface area contributed by atoms with Crippen LogP contribution in [0.4, 0.5) is 4.79 Å². The van der Waals surface area contributed by atoms with E-state index in [1.165, 1.54) is 27.2 Å². The zero-order valence-corrected chi connectivity index (χ0v) is 21.9. The van der Waals surface area contributed by atoms with E-state index in [-0.39, 0.29) is 24.4 Å². The van der Waals surface area contributed by atoms with Crippen molar-refractivity contribution < 1.29 is 14.3 Å². The molecule has 0 aliphatic carbocycles. The molecule has 2 aromatic rings. The first-order chi connectivity index (χ1) is 17.4. The first-order valence-corrected chi connectivity index (χ1v) is 12.8. The number of nitrogens with zero attached hydrogens (tertiary/aromatic N) is 2. The molecule has 2 aliphatic rings. The number of piperidine rings is 1. The molecule has 0 radical (unpaired) electrons. The average molecular weight is 488 g/mol. The molecule has 36 heavy (non-hydrogen) atoms. The lowest BCUT2D eigenvalue weighted by molar-refractivity contribution is -0.134. The second-order valence-corrected chi connectivity index (χ2v) is 9.93. The summed E-state index contributed by atoms with van der Waals surface area (Å²) in [5, 5.41) is 3.15. The highest BCUT2D eigenvalue weighted by Crippen LogP contribution is 2.37. The molecule has 2 aromatic carbocycles. The van der Waals surface area contributed by atoms with Crippen LogP contribution in [0.3, 0.4) is 0 Å². The van der Waals surface area contributed by atoms with Crippen molar-refractivity contribution in [1.29, 1.82) is 0 Å². The van der Waals surface area contributed by atoms with Gasteiger partial charge in [-0.2, -0.15) is 0 Å². The van der Waals surface area contributed by atoms with Gasteiger partial charge >= 0.3 is 6.03 Å². The SMILES string of the molecule is CC#CCN1C(=O)NC(CCc2ccccc2)(C2CCN(Cc3ccc(OC)c(C)c3C)CC2)C1=O. The number of hydrogen-bond acceptors (Lipinski definition) is 4. The third-order valence-electron chi connectivity index (χ3n) is 8.01. The molecular weight excluding hydrogens is 450 g/mol. The fraction of sp³-hybridized carbons (Fsp3) is 0.467. The van der Waals surface area contributed by atoms with Crippen molar-refractivity contribution in [1.82, 2.24) is 15.1 Å². The van der Waals surface area contributed by atoms with Gasteiger partial charge in [-0.25, -0.2) is 4.79 Å². The summed E-state index contributed by atoms with van der Waals surface area (Å²) in [7, 11) is 1.71. The number of carbonyl (C=O) groups is 2. The van der Waals surface area contributed by atoms with Crippen molar-refractivity contribution in [3.63, 3.8) is 0 Å². The number of hydrogen-bond donors (Lipinski definition) is 1. The average Bonchev–Trinajstić information content (AvgIpc) is 3.15. The Balaban J connectivity index is 1.49. The lowest BCUT2D eigenvalue weighted by atomic mass is 9.74. The molecular formula is C30H37N3O3. The van der Waals surface area contributed by atoms with E-state index in [4.69, 9.17) is 4.74 Å². The van der Waals surface area contributed by atoms with Crippen molar-refractivity contribution in [2.24, 2.45) is 5.92 Å². The molecule has 2 saturated heterocycles. The summed E-state index contributed by atoms with van der Waals surface area (Å²) in [5.74, 6) is 6.59. The highest BCUT2D eigenvalue weighted by atomic mass is 16.5. The molecule has 2 fully saturated rings. The molecule has 1 atom stereocenters. The summed E-state index contributed by atoms with van der Waals surface area (Å²) < 4.78 is 5.47. The molecule has 2 aliphatic heterocycles. The van der Waals surface area contributed by atoms with Gasteiger partial charge < -0.3 is 10.1 Å². The number of aryl methyl sites for hydroxylation is 1. The fourth-order valence-corrected chi connectivity index (χ4v) is 5.65. The van der Waals surface area contributed by atoms with Gasteiger partial charge in [0.1, 0.15) is 11.3 Å². The number of carbonyl (C=O) groups excluding carboxylic acids is 2. The van der Waals surface area contributed by atoms with E-state index in [0.717, 1.165) is 44.6 Å². The van der Waals surface area contributed by atoms with Crippen molar-refractivity contribution in [2.75, 3.05) is 26.7 Å². The van der Waals surface area contributed by atoms with Crippen LogP contribution in [0.1, 0.15) is 48.4 Å². The van der Waals surface area contributed by atoms with Gasteiger partial charge in [-0.15, -0.1) is 5.92 Å². The summed E-state index contributed by atoms with van der Waals surface area (Å²) in [6.07, 6.45) is 3.06. The second kappa shape index (κ2) is 11.2. The van der Waals surface area contributed by atoms with Crippen LogP contribution in [0.2, 0.25) is 0 Å². The van der Waals surface area contributed by atoms with Crippen molar-refractivity contribution in [3.8, 4) is 17.6 Å². The minimum absolute atomic E-state index is 0.0900. The van der Waals surface area contributed by atoms with Gasteiger partial charge in [0.2, 0.25) is 0 Å². The Hall–Kier alpha value is -3.30. The number of likely N-dealkylation sites (tertiary alicyclic amines) is 1. The Morgan fingerprint density at radius 3 is 2.44 bits per heavy atom. The van der Waals surface area contributed by atoms with E-state index in [0.29, 0.717) is 6.42 Å². The van der Waals surface area contributed by atoms with Crippen LogP contribution >= 0.6 is 0 Å². The Morgan fingerprint density at radius 2 is 1.78 bits per heavy atom. The molecule has 6 heteroatoms. The highest BCUT2D eigenvalue weighted by Gasteiger charge is 2.55. The molecule has 3 amide bonds. The normalized spacial score (nSPS) is 20.7. The van der Waals surface area contributed by atoms with Crippen molar-refractivity contribution >= 4 is 11.9 Å². The quantitative estimate of drug-likeness (QED) is 0.441. The van der Waals surface area contributed by atoms with Crippen molar-refractivity contribution in [3.05, 3.63) is 64.7 Å². The number of benzene rings is 2. The first-order valence-electron chi connectivity index (χ1n) is 12.8. The molecule has 190 valence electrons. The van der Waals surface area contributed by atoms with E-state index >= 15 is 0 Å². The number of amides is 3. The zero-order chi connectivity index (χ0) is 25.7. The van der Waals surface area contributed by atoms with Gasteiger partial charge in [0.05, 0.1) is 13.7 Å². The van der Waals surface area contributed by atoms with E-state index in [2.05, 4.69) is 54.1 Å². The summed E-state index contributed by atoms with van der Waals surface area (Å²) in [6, 6.07) is 14.1. The topological polar surface area (TPSA) is 61.9 Å². The second-order valence-electron chi connectivity index (χ2n) is 9.93. The summed E-state index contributed by atoms with van der Waals surface area (Å²) >= 11 is 0. The Kier molecular flexibility index (Phi) is 8.01. The van der Waals surface area contributed by atoms with Gasteiger partial charge in [-0.05, 0) is 93.8 Å². The predicted octanol–water partition coefficient (Wildman–Crippen LogP) is 4.47. The van der Waals surface area contributed by atoms with Crippen molar-refractivity contribution in [2.45, 2.75) is 58.5 Å². The largest absolute Gasteiger partial charge is 0.496 e. The number of ether oxygens (including phenoxy) is 1.